The Bertz CT molecular complexity index is 858. The van der Waals surface area contributed by atoms with E-state index in [2.05, 4.69) is 16.4 Å². The number of anilines is 1. The number of nitrogens with zero attached hydrogens (tertiary/aromatic N) is 3. The highest BCUT2D eigenvalue weighted by Gasteiger charge is 2.13. The van der Waals surface area contributed by atoms with Gasteiger partial charge in [-0.1, -0.05) is 11.6 Å². The van der Waals surface area contributed by atoms with Crippen LogP contribution in [0.4, 0.5) is 5.82 Å². The van der Waals surface area contributed by atoms with Gasteiger partial charge in [0.2, 0.25) is 0 Å². The molecule has 0 saturated heterocycles. The molecule has 3 rings (SSSR count). The summed E-state index contributed by atoms with van der Waals surface area (Å²) in [5.74, 6) is 0.677. The lowest BCUT2D eigenvalue weighted by molar-refractivity contribution is 0.301. The van der Waals surface area contributed by atoms with Crippen LogP contribution >= 0.6 is 22.9 Å². The lowest BCUT2D eigenvalue weighted by Crippen LogP contribution is -2.26. The van der Waals surface area contributed by atoms with Gasteiger partial charge in [0.25, 0.3) is 0 Å². The number of thiophene rings is 1. The van der Waals surface area contributed by atoms with Crippen molar-refractivity contribution >= 4 is 39.7 Å². The number of hydrogen-bond donors (Lipinski definition) is 1. The molecule has 0 radical (unpaired) electrons. The molecule has 0 fully saturated rings. The molecule has 6 heteroatoms. The molecule has 0 spiro atoms. The molecule has 0 amide bonds. The van der Waals surface area contributed by atoms with Crippen molar-refractivity contribution < 1.29 is 5.11 Å². The summed E-state index contributed by atoms with van der Waals surface area (Å²) >= 11 is 7.65. The van der Waals surface area contributed by atoms with Crippen LogP contribution in [-0.4, -0.2) is 23.2 Å². The number of aliphatic hydroxyl groups excluding tert-OH is 1. The third-order valence-corrected chi connectivity index (χ3v) is 4.49. The van der Waals surface area contributed by atoms with Gasteiger partial charge in [0.05, 0.1) is 23.8 Å². The molecule has 0 bridgehead atoms. The van der Waals surface area contributed by atoms with E-state index in [1.165, 1.54) is 0 Å². The van der Waals surface area contributed by atoms with Gasteiger partial charge in [-0.15, -0.1) is 0 Å². The molecule has 0 unspecified atom stereocenters. The van der Waals surface area contributed by atoms with Crippen LogP contribution in [0.2, 0.25) is 5.02 Å². The van der Waals surface area contributed by atoms with Crippen molar-refractivity contribution in [2.45, 2.75) is 6.54 Å². The first kappa shape index (κ1) is 15.8. The molecule has 0 aliphatic carbocycles. The second-order valence-electron chi connectivity index (χ2n) is 5.08. The summed E-state index contributed by atoms with van der Waals surface area (Å²) in [5.41, 5.74) is 2.40. The van der Waals surface area contributed by atoms with Crippen molar-refractivity contribution in [1.29, 1.82) is 5.26 Å². The molecule has 1 aromatic carbocycles. The number of rotatable bonds is 5. The Morgan fingerprint density at radius 2 is 2.17 bits per heavy atom. The van der Waals surface area contributed by atoms with Crippen molar-refractivity contribution in [3.63, 3.8) is 0 Å². The van der Waals surface area contributed by atoms with E-state index in [1.54, 1.807) is 29.5 Å². The molecule has 23 heavy (non-hydrogen) atoms. The van der Waals surface area contributed by atoms with Gasteiger partial charge < -0.3 is 10.0 Å². The number of aromatic nitrogens is 1. The van der Waals surface area contributed by atoms with Crippen LogP contribution in [0.25, 0.3) is 10.9 Å². The summed E-state index contributed by atoms with van der Waals surface area (Å²) in [5, 5.41) is 24.2. The maximum Gasteiger partial charge on any atom is 0.130 e. The Hall–Kier alpha value is -2.13. The summed E-state index contributed by atoms with van der Waals surface area (Å²) in [7, 11) is 0. The molecule has 4 nitrogen and oxygen atoms in total. The molecule has 2 heterocycles. The number of hydrogen-bond acceptors (Lipinski definition) is 5. The Balaban J connectivity index is 2.05. The molecule has 116 valence electrons. The second kappa shape index (κ2) is 6.97. The Kier molecular flexibility index (Phi) is 4.77. The molecule has 0 aliphatic rings. The van der Waals surface area contributed by atoms with E-state index in [1.807, 2.05) is 22.4 Å². The van der Waals surface area contributed by atoms with Crippen LogP contribution < -0.4 is 4.90 Å². The molecule has 3 aromatic rings. The number of aliphatic hydroxyl groups is 1. The quantitative estimate of drug-likeness (QED) is 0.765. The fraction of sp³-hybridized carbons (Fsp3) is 0.176. The fourth-order valence-corrected chi connectivity index (χ4v) is 3.27. The second-order valence-corrected chi connectivity index (χ2v) is 6.29. The lowest BCUT2D eigenvalue weighted by atomic mass is 10.1. The van der Waals surface area contributed by atoms with E-state index < -0.39 is 0 Å². The van der Waals surface area contributed by atoms with Gasteiger partial charge in [-0.3, -0.25) is 0 Å². The summed E-state index contributed by atoms with van der Waals surface area (Å²) < 4.78 is 0. The standard InChI is InChI=1S/C17H14ClN3OS/c18-14-1-2-16-15(8-14)13(9-19)7-17(20-16)21(4-5-22)10-12-3-6-23-11-12/h1-3,6-8,11,22H,4-5,10H2. The Morgan fingerprint density at radius 1 is 1.30 bits per heavy atom. The topological polar surface area (TPSA) is 60.2 Å². The summed E-state index contributed by atoms with van der Waals surface area (Å²) in [6.07, 6.45) is 0. The van der Waals surface area contributed by atoms with Crippen LogP contribution in [0.1, 0.15) is 11.1 Å². The largest absolute Gasteiger partial charge is 0.395 e. The minimum Gasteiger partial charge on any atom is -0.395 e. The number of pyridine rings is 1. The molecule has 0 aliphatic heterocycles. The number of fused-ring (bicyclic) bond motifs is 1. The van der Waals surface area contributed by atoms with Gasteiger partial charge in [-0.25, -0.2) is 4.98 Å². The zero-order valence-corrected chi connectivity index (χ0v) is 13.8. The molecular formula is C17H14ClN3OS. The summed E-state index contributed by atoms with van der Waals surface area (Å²) in [6.45, 7) is 1.11. The van der Waals surface area contributed by atoms with E-state index in [0.29, 0.717) is 29.5 Å². The first-order chi connectivity index (χ1) is 11.2. The third kappa shape index (κ3) is 3.45. The van der Waals surface area contributed by atoms with Crippen LogP contribution in [-0.2, 0) is 6.54 Å². The first-order valence-electron chi connectivity index (χ1n) is 7.08. The van der Waals surface area contributed by atoms with Crippen LogP contribution in [0.5, 0.6) is 0 Å². The molecule has 0 saturated carbocycles. The van der Waals surface area contributed by atoms with E-state index in [-0.39, 0.29) is 6.61 Å². The van der Waals surface area contributed by atoms with Crippen molar-refractivity contribution in [3.05, 3.63) is 57.2 Å². The molecular weight excluding hydrogens is 330 g/mol. The van der Waals surface area contributed by atoms with E-state index >= 15 is 0 Å². The Labute approximate surface area is 143 Å². The minimum absolute atomic E-state index is 0.0202. The number of benzene rings is 1. The normalized spacial score (nSPS) is 10.7. The smallest absolute Gasteiger partial charge is 0.130 e. The SMILES string of the molecule is N#Cc1cc(N(CCO)Cc2ccsc2)nc2ccc(Cl)cc12. The van der Waals surface area contributed by atoms with Crippen LogP contribution in [0, 0.1) is 11.3 Å². The van der Waals surface area contributed by atoms with Crippen molar-refractivity contribution in [2.24, 2.45) is 0 Å². The summed E-state index contributed by atoms with van der Waals surface area (Å²) in [6, 6.07) is 11.3. The van der Waals surface area contributed by atoms with Gasteiger partial charge in [0, 0.05) is 23.5 Å². The molecule has 2 aromatic heterocycles. The summed E-state index contributed by atoms with van der Waals surface area (Å²) in [4.78, 5) is 6.60. The first-order valence-corrected chi connectivity index (χ1v) is 8.40. The zero-order chi connectivity index (χ0) is 16.2. The average Bonchev–Trinajstić information content (AvgIpc) is 3.06. The number of halogens is 1. The predicted molar refractivity (Wildman–Crippen MR) is 93.9 cm³/mol. The van der Waals surface area contributed by atoms with Gasteiger partial charge in [0.15, 0.2) is 0 Å². The van der Waals surface area contributed by atoms with E-state index in [9.17, 15) is 10.4 Å². The monoisotopic (exact) mass is 343 g/mol. The number of nitriles is 1. The Morgan fingerprint density at radius 3 is 2.87 bits per heavy atom. The highest BCUT2D eigenvalue weighted by atomic mass is 35.5. The van der Waals surface area contributed by atoms with Gasteiger partial charge in [0.1, 0.15) is 5.82 Å². The maximum absolute atomic E-state index is 9.43. The van der Waals surface area contributed by atoms with Crippen LogP contribution in [0.3, 0.4) is 0 Å². The highest BCUT2D eigenvalue weighted by molar-refractivity contribution is 7.07. The van der Waals surface area contributed by atoms with Crippen molar-refractivity contribution in [1.82, 2.24) is 4.98 Å². The van der Waals surface area contributed by atoms with E-state index in [0.717, 1.165) is 16.5 Å². The average molecular weight is 344 g/mol. The highest BCUT2D eigenvalue weighted by Crippen LogP contribution is 2.26. The van der Waals surface area contributed by atoms with Gasteiger partial charge in [-0.05, 0) is 46.7 Å². The lowest BCUT2D eigenvalue weighted by Gasteiger charge is -2.23. The van der Waals surface area contributed by atoms with Crippen LogP contribution in [0.15, 0.2) is 41.1 Å². The zero-order valence-electron chi connectivity index (χ0n) is 12.2. The molecule has 0 atom stereocenters. The fourth-order valence-electron chi connectivity index (χ4n) is 2.44. The maximum atomic E-state index is 9.43. The van der Waals surface area contributed by atoms with Crippen molar-refractivity contribution in [3.8, 4) is 6.07 Å². The predicted octanol–water partition coefficient (Wildman–Crippen LogP) is 3.82. The minimum atomic E-state index is 0.0202. The van der Waals surface area contributed by atoms with Gasteiger partial charge in [-0.2, -0.15) is 16.6 Å². The third-order valence-electron chi connectivity index (χ3n) is 3.53. The van der Waals surface area contributed by atoms with Gasteiger partial charge >= 0.3 is 0 Å². The van der Waals surface area contributed by atoms with E-state index in [4.69, 9.17) is 11.6 Å². The molecule has 1 N–H and O–H groups in total. The van der Waals surface area contributed by atoms with Crippen molar-refractivity contribution in [2.75, 3.05) is 18.1 Å².